The predicted octanol–water partition coefficient (Wildman–Crippen LogP) is 5.68. The SMILES string of the molecule is Cc1cc(N2CCCCC2)ccc1C=NNC(=O)c1cc2cc(Br)ccc2o1.Cl. The van der Waals surface area contributed by atoms with Gasteiger partial charge in [0, 0.05) is 28.6 Å². The summed E-state index contributed by atoms with van der Waals surface area (Å²) >= 11 is 3.41. The molecule has 2 aromatic carbocycles. The molecule has 0 saturated carbocycles. The van der Waals surface area contributed by atoms with Gasteiger partial charge in [-0.1, -0.05) is 22.0 Å². The number of halogens is 2. The maximum Gasteiger partial charge on any atom is 0.307 e. The molecule has 1 amide bonds. The molecule has 0 atom stereocenters. The third-order valence-corrected chi connectivity index (χ3v) is 5.54. The molecule has 1 N–H and O–H groups in total. The monoisotopic (exact) mass is 475 g/mol. The van der Waals surface area contributed by atoms with Crippen molar-refractivity contribution in [3.63, 3.8) is 0 Å². The van der Waals surface area contributed by atoms with E-state index in [1.165, 1.54) is 24.9 Å². The Morgan fingerprint density at radius 1 is 1.14 bits per heavy atom. The number of hydrazone groups is 1. The number of hydrogen-bond donors (Lipinski definition) is 1. The van der Waals surface area contributed by atoms with Crippen LogP contribution in [0.25, 0.3) is 11.0 Å². The number of piperidine rings is 1. The minimum absolute atomic E-state index is 0. The van der Waals surface area contributed by atoms with Gasteiger partial charge in [-0.05, 0) is 73.7 Å². The van der Waals surface area contributed by atoms with Crippen LogP contribution in [0.2, 0.25) is 0 Å². The Kier molecular flexibility index (Phi) is 6.98. The smallest absolute Gasteiger partial charge is 0.307 e. The number of nitrogens with zero attached hydrogens (tertiary/aromatic N) is 2. The number of aryl methyl sites for hydroxylation is 1. The molecule has 1 aromatic heterocycles. The van der Waals surface area contributed by atoms with Gasteiger partial charge in [-0.15, -0.1) is 12.4 Å². The first-order chi connectivity index (χ1) is 13.6. The van der Waals surface area contributed by atoms with E-state index >= 15 is 0 Å². The summed E-state index contributed by atoms with van der Waals surface area (Å²) < 4.78 is 6.52. The lowest BCUT2D eigenvalue weighted by Gasteiger charge is -2.29. The van der Waals surface area contributed by atoms with Crippen molar-refractivity contribution in [2.75, 3.05) is 18.0 Å². The Labute approximate surface area is 184 Å². The summed E-state index contributed by atoms with van der Waals surface area (Å²) in [6.45, 7) is 4.31. The van der Waals surface area contributed by atoms with Crippen molar-refractivity contribution in [1.82, 2.24) is 5.43 Å². The van der Waals surface area contributed by atoms with Gasteiger partial charge < -0.3 is 9.32 Å². The summed E-state index contributed by atoms with van der Waals surface area (Å²) in [5, 5.41) is 4.97. The highest BCUT2D eigenvalue weighted by atomic mass is 79.9. The maximum absolute atomic E-state index is 12.3. The summed E-state index contributed by atoms with van der Waals surface area (Å²) in [7, 11) is 0. The van der Waals surface area contributed by atoms with Crippen LogP contribution < -0.4 is 10.3 Å². The van der Waals surface area contributed by atoms with Crippen molar-refractivity contribution in [2.24, 2.45) is 5.10 Å². The molecule has 1 aliphatic heterocycles. The standard InChI is InChI=1S/C22H22BrN3O2.ClH/c1-15-11-19(26-9-3-2-4-10-26)7-5-16(15)14-24-25-22(27)21-13-17-12-18(23)6-8-20(17)28-21;/h5-8,11-14H,2-4,9-10H2,1H3,(H,25,27);1H. The first-order valence-electron chi connectivity index (χ1n) is 9.48. The third-order valence-electron chi connectivity index (χ3n) is 5.05. The second-order valence-electron chi connectivity index (χ2n) is 7.08. The van der Waals surface area contributed by atoms with Gasteiger partial charge in [-0.3, -0.25) is 4.79 Å². The average Bonchev–Trinajstić information content (AvgIpc) is 3.13. The third kappa shape index (κ3) is 5.00. The number of fused-ring (bicyclic) bond motifs is 1. The van der Waals surface area contributed by atoms with Gasteiger partial charge >= 0.3 is 5.91 Å². The van der Waals surface area contributed by atoms with Gasteiger partial charge in [0.15, 0.2) is 5.76 Å². The number of carbonyl (C=O) groups is 1. The zero-order valence-corrected chi connectivity index (χ0v) is 18.6. The van der Waals surface area contributed by atoms with Gasteiger partial charge in [0.25, 0.3) is 0 Å². The molecular weight excluding hydrogens is 454 g/mol. The number of amides is 1. The molecular formula is C22H23BrClN3O2. The molecule has 0 aliphatic carbocycles. The van der Waals surface area contributed by atoms with Crippen LogP contribution in [0, 0.1) is 6.92 Å². The normalized spacial score (nSPS) is 14.2. The fourth-order valence-electron chi connectivity index (χ4n) is 3.50. The van der Waals surface area contributed by atoms with E-state index in [2.05, 4.69) is 50.4 Å². The van der Waals surface area contributed by atoms with E-state index in [0.717, 1.165) is 34.1 Å². The number of nitrogens with one attached hydrogen (secondary N) is 1. The summed E-state index contributed by atoms with van der Waals surface area (Å²) in [5.74, 6) is -0.131. The number of furan rings is 1. The van der Waals surface area contributed by atoms with Crippen molar-refractivity contribution < 1.29 is 9.21 Å². The molecule has 5 nitrogen and oxygen atoms in total. The van der Waals surface area contributed by atoms with Gasteiger partial charge in [0.2, 0.25) is 0 Å². The van der Waals surface area contributed by atoms with Crippen molar-refractivity contribution >= 4 is 57.1 Å². The number of carbonyl (C=O) groups excluding carboxylic acids is 1. The van der Waals surface area contributed by atoms with Crippen molar-refractivity contribution in [3.05, 3.63) is 63.8 Å². The first-order valence-corrected chi connectivity index (χ1v) is 10.3. The second kappa shape index (κ2) is 9.46. The van der Waals surface area contributed by atoms with Crippen molar-refractivity contribution in [2.45, 2.75) is 26.2 Å². The molecule has 4 rings (SSSR count). The Hall–Kier alpha value is -2.31. The zero-order chi connectivity index (χ0) is 19.5. The fourth-order valence-corrected chi connectivity index (χ4v) is 3.87. The molecule has 2 heterocycles. The average molecular weight is 477 g/mol. The minimum Gasteiger partial charge on any atom is -0.451 e. The Morgan fingerprint density at radius 2 is 1.93 bits per heavy atom. The number of hydrogen-bond acceptors (Lipinski definition) is 4. The Balaban J connectivity index is 0.00000240. The van der Waals surface area contributed by atoms with Crippen LogP contribution >= 0.6 is 28.3 Å². The summed E-state index contributed by atoms with van der Waals surface area (Å²) in [6, 6.07) is 13.7. The highest BCUT2D eigenvalue weighted by Gasteiger charge is 2.13. The number of benzene rings is 2. The molecule has 0 bridgehead atoms. The van der Waals surface area contributed by atoms with E-state index in [1.54, 1.807) is 12.3 Å². The van der Waals surface area contributed by atoms with Gasteiger partial charge in [-0.2, -0.15) is 5.10 Å². The van der Waals surface area contributed by atoms with Crippen LogP contribution in [-0.2, 0) is 0 Å². The van der Waals surface area contributed by atoms with Crippen LogP contribution in [0.3, 0.4) is 0 Å². The molecule has 1 fully saturated rings. The van der Waals surface area contributed by atoms with E-state index in [9.17, 15) is 4.79 Å². The van der Waals surface area contributed by atoms with Crippen LogP contribution in [-0.4, -0.2) is 25.2 Å². The fraction of sp³-hybridized carbons (Fsp3) is 0.273. The summed E-state index contributed by atoms with van der Waals surface area (Å²) in [4.78, 5) is 14.7. The molecule has 1 saturated heterocycles. The molecule has 0 radical (unpaired) electrons. The van der Waals surface area contributed by atoms with Crippen LogP contribution in [0.4, 0.5) is 5.69 Å². The second-order valence-corrected chi connectivity index (χ2v) is 8.00. The summed E-state index contributed by atoms with van der Waals surface area (Å²) in [6.07, 6.45) is 5.51. The summed E-state index contributed by atoms with van der Waals surface area (Å²) in [5.41, 5.74) is 6.58. The quantitative estimate of drug-likeness (QED) is 0.389. The molecule has 29 heavy (non-hydrogen) atoms. The molecule has 1 aliphatic rings. The van der Waals surface area contributed by atoms with E-state index in [4.69, 9.17) is 4.42 Å². The highest BCUT2D eigenvalue weighted by Crippen LogP contribution is 2.24. The van der Waals surface area contributed by atoms with Gasteiger partial charge in [0.05, 0.1) is 6.21 Å². The molecule has 0 unspecified atom stereocenters. The topological polar surface area (TPSA) is 57.8 Å². The molecule has 0 spiro atoms. The highest BCUT2D eigenvalue weighted by molar-refractivity contribution is 9.10. The van der Waals surface area contributed by atoms with Crippen LogP contribution in [0.1, 0.15) is 40.9 Å². The van der Waals surface area contributed by atoms with E-state index < -0.39 is 0 Å². The number of rotatable bonds is 4. The van der Waals surface area contributed by atoms with Crippen LogP contribution in [0.5, 0.6) is 0 Å². The molecule has 7 heteroatoms. The Morgan fingerprint density at radius 3 is 2.69 bits per heavy atom. The lowest BCUT2D eigenvalue weighted by molar-refractivity contribution is 0.0929. The Bertz CT molecular complexity index is 1040. The van der Waals surface area contributed by atoms with Crippen LogP contribution in [0.15, 0.2) is 56.5 Å². The predicted molar refractivity (Wildman–Crippen MR) is 123 cm³/mol. The largest absolute Gasteiger partial charge is 0.451 e. The first kappa shape index (κ1) is 21.4. The molecule has 3 aromatic rings. The van der Waals surface area contributed by atoms with E-state index in [0.29, 0.717) is 5.58 Å². The number of anilines is 1. The van der Waals surface area contributed by atoms with E-state index in [1.807, 2.05) is 24.3 Å². The molecule has 152 valence electrons. The van der Waals surface area contributed by atoms with E-state index in [-0.39, 0.29) is 24.1 Å². The van der Waals surface area contributed by atoms with Gasteiger partial charge in [0.1, 0.15) is 5.58 Å². The lowest BCUT2D eigenvalue weighted by Crippen LogP contribution is -2.29. The van der Waals surface area contributed by atoms with Gasteiger partial charge in [-0.25, -0.2) is 5.43 Å². The van der Waals surface area contributed by atoms with Crippen molar-refractivity contribution in [1.29, 1.82) is 0 Å². The minimum atomic E-state index is -0.369. The zero-order valence-electron chi connectivity index (χ0n) is 16.2. The lowest BCUT2D eigenvalue weighted by atomic mass is 10.1. The van der Waals surface area contributed by atoms with Crippen molar-refractivity contribution in [3.8, 4) is 0 Å². The maximum atomic E-state index is 12.3.